The lowest BCUT2D eigenvalue weighted by atomic mass is 9.97. The molecule has 0 aromatic heterocycles. The van der Waals surface area contributed by atoms with Crippen LogP contribution in [0.1, 0.15) is 41.6 Å². The highest BCUT2D eigenvalue weighted by atomic mass is 16.2. The normalized spacial score (nSPS) is 15.5. The lowest BCUT2D eigenvalue weighted by Gasteiger charge is -2.29. The molecule has 3 aromatic rings. The number of hydrogen-bond donors (Lipinski definition) is 1. The lowest BCUT2D eigenvalue weighted by Crippen LogP contribution is -2.41. The van der Waals surface area contributed by atoms with E-state index in [1.54, 1.807) is 0 Å². The Hall–Kier alpha value is -2.91. The summed E-state index contributed by atoms with van der Waals surface area (Å²) in [4.78, 5) is 15.8. The number of nitrogens with zero attached hydrogens (tertiary/aromatic N) is 1. The molecule has 1 aliphatic heterocycles. The molecule has 0 bridgehead atoms. The second-order valence-electron chi connectivity index (χ2n) is 7.32. The highest BCUT2D eigenvalue weighted by Crippen LogP contribution is 2.28. The number of benzene rings is 3. The van der Waals surface area contributed by atoms with Gasteiger partial charge in [0.2, 0.25) is 5.91 Å². The van der Waals surface area contributed by atoms with Gasteiger partial charge in [-0.05, 0) is 42.6 Å². The quantitative estimate of drug-likeness (QED) is 0.680. The Morgan fingerprint density at radius 1 is 0.679 bits per heavy atom. The summed E-state index contributed by atoms with van der Waals surface area (Å²) in [6.45, 7) is 1.93. The fourth-order valence-corrected chi connectivity index (χ4v) is 4.03. The van der Waals surface area contributed by atoms with Gasteiger partial charge in [0.05, 0.1) is 6.04 Å². The molecule has 1 N–H and O–H groups in total. The molecule has 0 spiro atoms. The Bertz CT molecular complexity index is 835. The molecule has 1 aliphatic rings. The van der Waals surface area contributed by atoms with E-state index in [0.29, 0.717) is 0 Å². The van der Waals surface area contributed by atoms with Gasteiger partial charge < -0.3 is 5.32 Å². The van der Waals surface area contributed by atoms with E-state index < -0.39 is 0 Å². The predicted octanol–water partition coefficient (Wildman–Crippen LogP) is 4.73. The number of carbonyl (C=O) groups is 1. The maximum Gasteiger partial charge on any atom is 0.242 e. The van der Waals surface area contributed by atoms with Crippen molar-refractivity contribution in [2.75, 3.05) is 13.1 Å². The molecule has 0 aliphatic carbocycles. The summed E-state index contributed by atoms with van der Waals surface area (Å²) in [5.41, 5.74) is 3.24. The van der Waals surface area contributed by atoms with Crippen LogP contribution in [0.2, 0.25) is 0 Å². The van der Waals surface area contributed by atoms with E-state index in [1.807, 2.05) is 54.6 Å². The van der Waals surface area contributed by atoms with E-state index in [1.165, 1.54) is 0 Å². The summed E-state index contributed by atoms with van der Waals surface area (Å²) in [7, 11) is 0. The van der Waals surface area contributed by atoms with Crippen LogP contribution in [0.3, 0.4) is 0 Å². The average Bonchev–Trinajstić information content (AvgIpc) is 3.28. The number of hydrogen-bond acceptors (Lipinski definition) is 2. The van der Waals surface area contributed by atoms with Crippen LogP contribution in [0, 0.1) is 0 Å². The summed E-state index contributed by atoms with van der Waals surface area (Å²) >= 11 is 0. The molecule has 3 nitrogen and oxygen atoms in total. The number of amides is 1. The van der Waals surface area contributed by atoms with Gasteiger partial charge in [-0.15, -0.1) is 0 Å². The molecule has 0 unspecified atom stereocenters. The van der Waals surface area contributed by atoms with E-state index in [2.05, 4.69) is 46.6 Å². The second kappa shape index (κ2) is 8.85. The Morgan fingerprint density at radius 3 is 1.57 bits per heavy atom. The van der Waals surface area contributed by atoms with Crippen molar-refractivity contribution in [1.29, 1.82) is 0 Å². The number of rotatable bonds is 6. The van der Waals surface area contributed by atoms with Gasteiger partial charge in [0.1, 0.15) is 6.04 Å². The molecule has 3 aromatic carbocycles. The second-order valence-corrected chi connectivity index (χ2v) is 7.32. The molecule has 142 valence electrons. The fraction of sp³-hybridized carbons (Fsp3) is 0.240. The van der Waals surface area contributed by atoms with Crippen molar-refractivity contribution in [3.63, 3.8) is 0 Å². The minimum Gasteiger partial charge on any atom is -0.344 e. The first kappa shape index (κ1) is 18.5. The van der Waals surface area contributed by atoms with E-state index in [9.17, 15) is 4.79 Å². The maximum absolute atomic E-state index is 13.5. The third-order valence-corrected chi connectivity index (χ3v) is 5.42. The van der Waals surface area contributed by atoms with Crippen molar-refractivity contribution >= 4 is 5.91 Å². The van der Waals surface area contributed by atoms with Gasteiger partial charge >= 0.3 is 0 Å². The van der Waals surface area contributed by atoms with Crippen LogP contribution in [-0.2, 0) is 4.79 Å². The predicted molar refractivity (Wildman–Crippen MR) is 113 cm³/mol. The molecule has 1 saturated heterocycles. The van der Waals surface area contributed by atoms with Gasteiger partial charge in [-0.1, -0.05) is 91.0 Å². The van der Waals surface area contributed by atoms with Crippen LogP contribution in [0.25, 0.3) is 0 Å². The Morgan fingerprint density at radius 2 is 1.11 bits per heavy atom. The number of carbonyl (C=O) groups excluding carboxylic acids is 1. The van der Waals surface area contributed by atoms with Crippen molar-refractivity contribution in [1.82, 2.24) is 10.2 Å². The van der Waals surface area contributed by atoms with E-state index in [4.69, 9.17) is 0 Å². The Labute approximate surface area is 167 Å². The summed E-state index contributed by atoms with van der Waals surface area (Å²) in [5, 5.41) is 3.34. The minimum atomic E-state index is -0.251. The largest absolute Gasteiger partial charge is 0.344 e. The summed E-state index contributed by atoms with van der Waals surface area (Å²) < 4.78 is 0. The van der Waals surface area contributed by atoms with Gasteiger partial charge in [-0.3, -0.25) is 9.69 Å². The maximum atomic E-state index is 13.5. The molecule has 0 radical (unpaired) electrons. The first-order valence-electron chi connectivity index (χ1n) is 10.0. The average molecular weight is 370 g/mol. The smallest absolute Gasteiger partial charge is 0.242 e. The standard InChI is InChI=1S/C25H26N2O/c28-25(24(27-18-10-11-19-27)22-16-8-3-9-17-22)26-23(20-12-4-1-5-13-20)21-14-6-2-7-15-21/h1-9,12-17,23-24H,10-11,18-19H2,(H,26,28)/t24-/m1/s1. The monoisotopic (exact) mass is 370 g/mol. The zero-order valence-corrected chi connectivity index (χ0v) is 16.0. The van der Waals surface area contributed by atoms with Gasteiger partial charge in [-0.25, -0.2) is 0 Å². The molecular formula is C25H26N2O. The van der Waals surface area contributed by atoms with Crippen molar-refractivity contribution < 1.29 is 4.79 Å². The van der Waals surface area contributed by atoms with E-state index in [0.717, 1.165) is 42.6 Å². The third-order valence-electron chi connectivity index (χ3n) is 5.42. The van der Waals surface area contributed by atoms with Gasteiger partial charge in [0.15, 0.2) is 0 Å². The topological polar surface area (TPSA) is 32.3 Å². The van der Waals surface area contributed by atoms with Crippen LogP contribution in [0.4, 0.5) is 0 Å². The fourth-order valence-electron chi connectivity index (χ4n) is 4.03. The van der Waals surface area contributed by atoms with Crippen molar-refractivity contribution in [3.8, 4) is 0 Å². The number of nitrogens with one attached hydrogen (secondary N) is 1. The summed E-state index contributed by atoms with van der Waals surface area (Å²) in [5.74, 6) is 0.0609. The first-order valence-corrected chi connectivity index (χ1v) is 10.0. The third kappa shape index (κ3) is 4.15. The van der Waals surface area contributed by atoms with Gasteiger partial charge in [-0.2, -0.15) is 0 Å². The van der Waals surface area contributed by atoms with Crippen molar-refractivity contribution in [3.05, 3.63) is 108 Å². The SMILES string of the molecule is O=C(NC(c1ccccc1)c1ccccc1)[C@@H](c1ccccc1)N1CCCC1. The van der Waals surface area contributed by atoms with Crippen molar-refractivity contribution in [2.45, 2.75) is 24.9 Å². The molecular weight excluding hydrogens is 344 g/mol. The van der Waals surface area contributed by atoms with E-state index >= 15 is 0 Å². The van der Waals surface area contributed by atoms with Gasteiger partial charge in [0, 0.05) is 0 Å². The first-order chi connectivity index (χ1) is 13.8. The number of likely N-dealkylation sites (tertiary alicyclic amines) is 1. The zero-order chi connectivity index (χ0) is 19.2. The van der Waals surface area contributed by atoms with Crippen LogP contribution >= 0.6 is 0 Å². The molecule has 4 rings (SSSR count). The lowest BCUT2D eigenvalue weighted by molar-refractivity contribution is -0.126. The van der Waals surface area contributed by atoms with Gasteiger partial charge in [0.25, 0.3) is 0 Å². The highest BCUT2D eigenvalue weighted by Gasteiger charge is 2.31. The Kier molecular flexibility index (Phi) is 5.83. The minimum absolute atomic E-state index is 0.0609. The van der Waals surface area contributed by atoms with E-state index in [-0.39, 0.29) is 18.0 Å². The molecule has 1 atom stereocenters. The molecule has 1 fully saturated rings. The van der Waals surface area contributed by atoms with Crippen LogP contribution in [0.5, 0.6) is 0 Å². The molecule has 1 heterocycles. The molecule has 3 heteroatoms. The van der Waals surface area contributed by atoms with Crippen LogP contribution in [-0.4, -0.2) is 23.9 Å². The zero-order valence-electron chi connectivity index (χ0n) is 16.0. The molecule has 28 heavy (non-hydrogen) atoms. The Balaban J connectivity index is 1.65. The van der Waals surface area contributed by atoms with Crippen molar-refractivity contribution in [2.24, 2.45) is 0 Å². The summed E-state index contributed by atoms with van der Waals surface area (Å²) in [6, 6.07) is 30.1. The molecule has 1 amide bonds. The van der Waals surface area contributed by atoms with Crippen LogP contribution < -0.4 is 5.32 Å². The molecule has 0 saturated carbocycles. The van der Waals surface area contributed by atoms with Crippen LogP contribution in [0.15, 0.2) is 91.0 Å². The summed E-state index contributed by atoms with van der Waals surface area (Å²) in [6.07, 6.45) is 2.30. The highest BCUT2D eigenvalue weighted by molar-refractivity contribution is 5.84.